The number of ether oxygens (including phenoxy) is 1. The predicted molar refractivity (Wildman–Crippen MR) is 77.7 cm³/mol. The number of thioether (sulfide) groups is 1. The fourth-order valence-electron chi connectivity index (χ4n) is 1.55. The second-order valence-corrected chi connectivity index (χ2v) is 4.40. The molecule has 5 nitrogen and oxygen atoms in total. The first-order valence-corrected chi connectivity index (χ1v) is 7.41. The van der Waals surface area contributed by atoms with Crippen molar-refractivity contribution in [3.8, 4) is 0 Å². The van der Waals surface area contributed by atoms with E-state index in [1.165, 1.54) is 0 Å². The summed E-state index contributed by atoms with van der Waals surface area (Å²) in [7, 11) is 1.87. The lowest BCUT2D eigenvalue weighted by Crippen LogP contribution is -2.28. The van der Waals surface area contributed by atoms with E-state index in [4.69, 9.17) is 4.74 Å². The summed E-state index contributed by atoms with van der Waals surface area (Å²) < 4.78 is 5.39. The number of likely N-dealkylation sites (N-methyl/N-ethyl adjacent to an activating group) is 1. The van der Waals surface area contributed by atoms with Gasteiger partial charge >= 0.3 is 0 Å². The van der Waals surface area contributed by atoms with Crippen molar-refractivity contribution in [3.63, 3.8) is 0 Å². The molecule has 1 aromatic heterocycles. The second-order valence-electron chi connectivity index (χ2n) is 3.62. The largest absolute Gasteiger partial charge is 0.380 e. The van der Waals surface area contributed by atoms with E-state index in [0.717, 1.165) is 43.1 Å². The average Bonchev–Trinajstić information content (AvgIpc) is 2.43. The fourth-order valence-corrected chi connectivity index (χ4v) is 1.92. The maximum Gasteiger partial charge on any atom is 0.191 e. The summed E-state index contributed by atoms with van der Waals surface area (Å²) in [5, 5.41) is 3.85. The molecule has 0 unspecified atom stereocenters. The Morgan fingerprint density at radius 2 is 2.17 bits per heavy atom. The Balaban J connectivity index is 2.83. The van der Waals surface area contributed by atoms with Crippen LogP contribution in [0.4, 0.5) is 11.6 Å². The number of nitrogens with one attached hydrogen (secondary N) is 1. The molecule has 18 heavy (non-hydrogen) atoms. The van der Waals surface area contributed by atoms with Crippen molar-refractivity contribution >= 4 is 23.4 Å². The summed E-state index contributed by atoms with van der Waals surface area (Å²) in [4.78, 5) is 11.1. The average molecular weight is 270 g/mol. The SMILES string of the molecule is CCOCCN(CC)c1cc(NC)nc(SC)n1. The topological polar surface area (TPSA) is 50.3 Å². The van der Waals surface area contributed by atoms with E-state index in [0.29, 0.717) is 0 Å². The van der Waals surface area contributed by atoms with Crippen molar-refractivity contribution < 1.29 is 4.74 Å². The summed E-state index contributed by atoms with van der Waals surface area (Å²) in [5.41, 5.74) is 0. The molecule has 0 spiro atoms. The highest BCUT2D eigenvalue weighted by Crippen LogP contribution is 2.19. The smallest absolute Gasteiger partial charge is 0.191 e. The minimum absolute atomic E-state index is 0.720. The first-order valence-electron chi connectivity index (χ1n) is 6.18. The van der Waals surface area contributed by atoms with E-state index < -0.39 is 0 Å². The van der Waals surface area contributed by atoms with E-state index in [-0.39, 0.29) is 0 Å². The highest BCUT2D eigenvalue weighted by atomic mass is 32.2. The Kier molecular flexibility index (Phi) is 6.82. The van der Waals surface area contributed by atoms with Crippen LogP contribution in [0.15, 0.2) is 11.2 Å². The standard InChI is InChI=1S/C12H22N4OS/c1-5-16(7-8-17-6-2)11-9-10(13-3)14-12(15-11)18-4/h9H,5-8H2,1-4H3,(H,13,14,15). The van der Waals surface area contributed by atoms with Crippen LogP contribution in [0.25, 0.3) is 0 Å². The third kappa shape index (κ3) is 4.34. The molecule has 102 valence electrons. The van der Waals surface area contributed by atoms with Crippen LogP contribution in [0.2, 0.25) is 0 Å². The Labute approximate surface area is 113 Å². The minimum Gasteiger partial charge on any atom is -0.380 e. The monoisotopic (exact) mass is 270 g/mol. The maximum absolute atomic E-state index is 5.39. The van der Waals surface area contributed by atoms with Gasteiger partial charge in [0.25, 0.3) is 0 Å². The van der Waals surface area contributed by atoms with Gasteiger partial charge in [0, 0.05) is 32.8 Å². The molecule has 0 radical (unpaired) electrons. The van der Waals surface area contributed by atoms with Gasteiger partial charge in [-0.15, -0.1) is 0 Å². The second kappa shape index (κ2) is 8.16. The van der Waals surface area contributed by atoms with Gasteiger partial charge in [0.1, 0.15) is 11.6 Å². The number of hydrogen-bond donors (Lipinski definition) is 1. The first-order chi connectivity index (χ1) is 8.74. The molecule has 0 atom stereocenters. The number of rotatable bonds is 8. The van der Waals surface area contributed by atoms with E-state index in [1.54, 1.807) is 11.8 Å². The summed E-state index contributed by atoms with van der Waals surface area (Å²) in [6.07, 6.45) is 1.98. The van der Waals surface area contributed by atoms with Crippen LogP contribution in [0.3, 0.4) is 0 Å². The number of hydrogen-bond acceptors (Lipinski definition) is 6. The van der Waals surface area contributed by atoms with E-state index >= 15 is 0 Å². The van der Waals surface area contributed by atoms with Crippen LogP contribution in [0.1, 0.15) is 13.8 Å². The molecule has 1 aromatic rings. The van der Waals surface area contributed by atoms with Crippen LogP contribution in [-0.2, 0) is 4.74 Å². The highest BCUT2D eigenvalue weighted by Gasteiger charge is 2.09. The molecule has 0 aromatic carbocycles. The van der Waals surface area contributed by atoms with Crippen LogP contribution < -0.4 is 10.2 Å². The van der Waals surface area contributed by atoms with Gasteiger partial charge < -0.3 is 15.0 Å². The Morgan fingerprint density at radius 1 is 1.39 bits per heavy atom. The molecule has 0 saturated carbocycles. The molecule has 0 amide bonds. The normalized spacial score (nSPS) is 10.4. The van der Waals surface area contributed by atoms with Gasteiger partial charge in [0.15, 0.2) is 5.16 Å². The minimum atomic E-state index is 0.720. The molecular formula is C12H22N4OS. The zero-order valence-corrected chi connectivity index (χ0v) is 12.4. The Morgan fingerprint density at radius 3 is 2.72 bits per heavy atom. The van der Waals surface area contributed by atoms with Crippen molar-refractivity contribution in [3.05, 3.63) is 6.07 Å². The van der Waals surface area contributed by atoms with E-state index in [2.05, 4.69) is 27.1 Å². The van der Waals surface area contributed by atoms with Crippen molar-refractivity contribution in [1.82, 2.24) is 9.97 Å². The molecule has 0 aliphatic rings. The van der Waals surface area contributed by atoms with Crippen molar-refractivity contribution in [2.45, 2.75) is 19.0 Å². The zero-order chi connectivity index (χ0) is 13.4. The number of aromatic nitrogens is 2. The zero-order valence-electron chi connectivity index (χ0n) is 11.6. The molecular weight excluding hydrogens is 248 g/mol. The summed E-state index contributed by atoms with van der Waals surface area (Å²) in [6, 6.07) is 1.97. The molecule has 0 saturated heterocycles. The maximum atomic E-state index is 5.39. The van der Waals surface area contributed by atoms with E-state index in [1.807, 2.05) is 26.3 Å². The predicted octanol–water partition coefficient (Wildman–Crippen LogP) is 2.10. The van der Waals surface area contributed by atoms with Crippen LogP contribution in [0.5, 0.6) is 0 Å². The third-order valence-electron chi connectivity index (χ3n) is 2.55. The quantitative estimate of drug-likeness (QED) is 0.443. The van der Waals surface area contributed by atoms with Crippen LogP contribution in [0, 0.1) is 0 Å². The highest BCUT2D eigenvalue weighted by molar-refractivity contribution is 7.98. The number of nitrogens with zero attached hydrogens (tertiary/aromatic N) is 3. The van der Waals surface area contributed by atoms with Crippen molar-refractivity contribution in [1.29, 1.82) is 0 Å². The lowest BCUT2D eigenvalue weighted by atomic mass is 10.4. The van der Waals surface area contributed by atoms with Crippen LogP contribution >= 0.6 is 11.8 Å². The Bertz CT molecular complexity index is 340. The molecule has 0 aliphatic carbocycles. The van der Waals surface area contributed by atoms with Gasteiger partial charge in [-0.05, 0) is 20.1 Å². The summed E-state index contributed by atoms with van der Waals surface area (Å²) >= 11 is 1.55. The number of anilines is 2. The molecule has 0 aliphatic heterocycles. The third-order valence-corrected chi connectivity index (χ3v) is 3.09. The molecule has 6 heteroatoms. The molecule has 1 N–H and O–H groups in total. The fraction of sp³-hybridized carbons (Fsp3) is 0.667. The van der Waals surface area contributed by atoms with Crippen molar-refractivity contribution in [2.24, 2.45) is 0 Å². The van der Waals surface area contributed by atoms with Gasteiger partial charge in [-0.2, -0.15) is 0 Å². The van der Waals surface area contributed by atoms with E-state index in [9.17, 15) is 0 Å². The van der Waals surface area contributed by atoms with Gasteiger partial charge in [0.2, 0.25) is 0 Å². The summed E-state index contributed by atoms with van der Waals surface area (Å²) in [6.45, 7) is 7.34. The van der Waals surface area contributed by atoms with Gasteiger partial charge in [-0.3, -0.25) is 0 Å². The lowest BCUT2D eigenvalue weighted by Gasteiger charge is -2.22. The van der Waals surface area contributed by atoms with Crippen molar-refractivity contribution in [2.75, 3.05) is 49.8 Å². The van der Waals surface area contributed by atoms with Gasteiger partial charge in [-0.1, -0.05) is 11.8 Å². The Hall–Kier alpha value is -1.01. The first kappa shape index (κ1) is 15.0. The lowest BCUT2D eigenvalue weighted by molar-refractivity contribution is 0.154. The summed E-state index contributed by atoms with van der Waals surface area (Å²) in [5.74, 6) is 1.79. The molecule has 0 fully saturated rings. The molecule has 1 heterocycles. The van der Waals surface area contributed by atoms with Crippen LogP contribution in [-0.4, -0.2) is 49.6 Å². The van der Waals surface area contributed by atoms with Gasteiger partial charge in [-0.25, -0.2) is 9.97 Å². The molecule has 1 rings (SSSR count). The molecule has 0 bridgehead atoms. The van der Waals surface area contributed by atoms with Gasteiger partial charge in [0.05, 0.1) is 6.61 Å².